The van der Waals surface area contributed by atoms with Crippen molar-refractivity contribution in [1.82, 2.24) is 15.6 Å². The Morgan fingerprint density at radius 3 is 2.45 bits per heavy atom. The summed E-state index contributed by atoms with van der Waals surface area (Å²) in [6.45, 7) is 0.550. The van der Waals surface area contributed by atoms with E-state index in [0.717, 1.165) is 28.9 Å². The van der Waals surface area contributed by atoms with Crippen molar-refractivity contribution in [3.05, 3.63) is 100 Å². The lowest BCUT2D eigenvalue weighted by Crippen LogP contribution is -2.34. The molecule has 0 fully saturated rings. The SMILES string of the molecule is O=C(CC(NC(=O)c1ccccc1Cl)c1ccccc1)NCCCc1nc2ccccc2s1. The number of aromatic nitrogens is 1. The molecule has 0 saturated heterocycles. The Morgan fingerprint density at radius 2 is 1.67 bits per heavy atom. The molecule has 2 amide bonds. The largest absolute Gasteiger partial charge is 0.356 e. The topological polar surface area (TPSA) is 71.1 Å². The summed E-state index contributed by atoms with van der Waals surface area (Å²) in [4.78, 5) is 30.1. The van der Waals surface area contributed by atoms with Crippen LogP contribution in [0.3, 0.4) is 0 Å². The van der Waals surface area contributed by atoms with Gasteiger partial charge in [-0.05, 0) is 36.2 Å². The van der Waals surface area contributed by atoms with Crippen LogP contribution in [0.1, 0.15) is 39.8 Å². The van der Waals surface area contributed by atoms with Gasteiger partial charge in [0, 0.05) is 13.0 Å². The Balaban J connectivity index is 1.33. The van der Waals surface area contributed by atoms with Crippen molar-refractivity contribution in [1.29, 1.82) is 0 Å². The van der Waals surface area contributed by atoms with Gasteiger partial charge in [-0.15, -0.1) is 11.3 Å². The van der Waals surface area contributed by atoms with E-state index in [4.69, 9.17) is 11.6 Å². The van der Waals surface area contributed by atoms with E-state index in [1.54, 1.807) is 35.6 Å². The van der Waals surface area contributed by atoms with E-state index in [9.17, 15) is 9.59 Å². The number of rotatable bonds is 9. The molecule has 3 aromatic carbocycles. The number of hydrogen-bond donors (Lipinski definition) is 2. The molecule has 2 N–H and O–H groups in total. The molecule has 5 nitrogen and oxygen atoms in total. The molecular formula is C26H24ClN3O2S. The fourth-order valence-corrected chi connectivity index (χ4v) is 4.80. The number of nitrogens with zero attached hydrogens (tertiary/aromatic N) is 1. The lowest BCUT2D eigenvalue weighted by Gasteiger charge is -2.19. The summed E-state index contributed by atoms with van der Waals surface area (Å²) in [6.07, 6.45) is 1.75. The summed E-state index contributed by atoms with van der Waals surface area (Å²) in [6, 6.07) is 24.0. The predicted molar refractivity (Wildman–Crippen MR) is 134 cm³/mol. The molecule has 33 heavy (non-hydrogen) atoms. The quantitative estimate of drug-likeness (QED) is 0.310. The van der Waals surface area contributed by atoms with Crippen molar-refractivity contribution < 1.29 is 9.59 Å². The number of hydrogen-bond acceptors (Lipinski definition) is 4. The average molecular weight is 478 g/mol. The summed E-state index contributed by atoms with van der Waals surface area (Å²) < 4.78 is 1.18. The molecule has 4 aromatic rings. The molecule has 1 unspecified atom stereocenters. The highest BCUT2D eigenvalue weighted by atomic mass is 35.5. The van der Waals surface area contributed by atoms with Crippen molar-refractivity contribution in [3.8, 4) is 0 Å². The van der Waals surface area contributed by atoms with Crippen LogP contribution in [0.5, 0.6) is 0 Å². The highest BCUT2D eigenvalue weighted by molar-refractivity contribution is 7.18. The van der Waals surface area contributed by atoms with Crippen LogP contribution in [0.15, 0.2) is 78.9 Å². The van der Waals surface area contributed by atoms with Gasteiger partial charge < -0.3 is 10.6 Å². The number of nitrogens with one attached hydrogen (secondary N) is 2. The molecule has 1 heterocycles. The second-order valence-corrected chi connectivity index (χ2v) is 9.17. The molecule has 1 atom stereocenters. The minimum atomic E-state index is -0.459. The lowest BCUT2D eigenvalue weighted by molar-refractivity contribution is -0.121. The third-order valence-corrected chi connectivity index (χ3v) is 6.67. The van der Waals surface area contributed by atoms with Gasteiger partial charge in [-0.25, -0.2) is 4.98 Å². The highest BCUT2D eigenvalue weighted by Crippen LogP contribution is 2.23. The van der Waals surface area contributed by atoms with Crippen LogP contribution in [0.25, 0.3) is 10.2 Å². The van der Waals surface area contributed by atoms with Crippen molar-refractivity contribution >= 4 is 45.0 Å². The fourth-order valence-electron chi connectivity index (χ4n) is 3.57. The summed E-state index contributed by atoms with van der Waals surface area (Å²) in [5.41, 5.74) is 2.26. The number of benzene rings is 3. The first kappa shape index (κ1) is 23.0. The number of carbonyl (C=O) groups excluding carboxylic acids is 2. The third kappa shape index (κ3) is 6.18. The van der Waals surface area contributed by atoms with E-state index in [1.807, 2.05) is 48.5 Å². The molecule has 0 saturated carbocycles. The molecule has 0 bridgehead atoms. The number of amides is 2. The fraction of sp³-hybridized carbons (Fsp3) is 0.192. The first-order chi connectivity index (χ1) is 16.1. The number of para-hydroxylation sites is 1. The first-order valence-corrected chi connectivity index (χ1v) is 12.0. The van der Waals surface area contributed by atoms with E-state index in [0.29, 0.717) is 17.1 Å². The minimum Gasteiger partial charge on any atom is -0.356 e. The van der Waals surface area contributed by atoms with E-state index in [-0.39, 0.29) is 18.2 Å². The zero-order valence-electron chi connectivity index (χ0n) is 18.0. The van der Waals surface area contributed by atoms with Gasteiger partial charge in [-0.1, -0.05) is 66.2 Å². The molecule has 0 aliphatic rings. The van der Waals surface area contributed by atoms with Crippen LogP contribution < -0.4 is 10.6 Å². The third-order valence-electron chi connectivity index (χ3n) is 5.24. The molecule has 0 aliphatic heterocycles. The van der Waals surface area contributed by atoms with Crippen LogP contribution >= 0.6 is 22.9 Å². The van der Waals surface area contributed by atoms with Gasteiger partial charge in [-0.2, -0.15) is 0 Å². The molecular weight excluding hydrogens is 454 g/mol. The standard InChI is InChI=1S/C26H24ClN3O2S/c27-20-12-5-4-11-19(20)26(32)30-22(18-9-2-1-3-10-18)17-24(31)28-16-8-15-25-29-21-13-6-7-14-23(21)33-25/h1-7,9-14,22H,8,15-17H2,(H,28,31)(H,30,32). The van der Waals surface area contributed by atoms with E-state index in [2.05, 4.69) is 21.7 Å². The number of halogens is 1. The lowest BCUT2D eigenvalue weighted by atomic mass is 10.0. The van der Waals surface area contributed by atoms with Crippen LogP contribution in [0.2, 0.25) is 5.02 Å². The maximum absolute atomic E-state index is 12.8. The predicted octanol–water partition coefficient (Wildman–Crippen LogP) is 5.56. The molecule has 0 aliphatic carbocycles. The van der Waals surface area contributed by atoms with E-state index >= 15 is 0 Å². The second-order valence-electron chi connectivity index (χ2n) is 7.65. The molecule has 4 rings (SSSR count). The number of aryl methyl sites for hydroxylation is 1. The maximum atomic E-state index is 12.8. The van der Waals surface area contributed by atoms with Crippen molar-refractivity contribution in [2.75, 3.05) is 6.54 Å². The van der Waals surface area contributed by atoms with E-state index < -0.39 is 6.04 Å². The first-order valence-electron chi connectivity index (χ1n) is 10.8. The normalized spacial score (nSPS) is 11.8. The Kier molecular flexibility index (Phi) is 7.70. The summed E-state index contributed by atoms with van der Waals surface area (Å²) in [5.74, 6) is -0.425. The maximum Gasteiger partial charge on any atom is 0.253 e. The summed E-state index contributed by atoms with van der Waals surface area (Å²) in [5, 5.41) is 7.38. The number of thiazole rings is 1. The molecule has 1 aromatic heterocycles. The minimum absolute atomic E-state index is 0.118. The highest BCUT2D eigenvalue weighted by Gasteiger charge is 2.20. The van der Waals surface area contributed by atoms with Crippen molar-refractivity contribution in [3.63, 3.8) is 0 Å². The summed E-state index contributed by atoms with van der Waals surface area (Å²) >= 11 is 7.86. The average Bonchev–Trinajstić information content (AvgIpc) is 3.25. The molecule has 0 spiro atoms. The molecule has 7 heteroatoms. The summed E-state index contributed by atoms with van der Waals surface area (Å²) in [7, 11) is 0. The molecule has 168 valence electrons. The van der Waals surface area contributed by atoms with Gasteiger partial charge in [-0.3, -0.25) is 9.59 Å². The smallest absolute Gasteiger partial charge is 0.253 e. The Morgan fingerprint density at radius 1 is 0.939 bits per heavy atom. The van der Waals surface area contributed by atoms with Gasteiger partial charge in [0.1, 0.15) is 0 Å². The second kappa shape index (κ2) is 11.1. The van der Waals surface area contributed by atoms with Crippen LogP contribution in [-0.2, 0) is 11.2 Å². The van der Waals surface area contributed by atoms with E-state index in [1.165, 1.54) is 4.70 Å². The van der Waals surface area contributed by atoms with Gasteiger partial charge >= 0.3 is 0 Å². The van der Waals surface area contributed by atoms with Gasteiger partial charge in [0.15, 0.2) is 0 Å². The van der Waals surface area contributed by atoms with Crippen LogP contribution in [0.4, 0.5) is 0 Å². The Labute approximate surface area is 201 Å². The number of carbonyl (C=O) groups is 2. The monoisotopic (exact) mass is 477 g/mol. The van der Waals surface area contributed by atoms with Crippen LogP contribution in [-0.4, -0.2) is 23.3 Å². The zero-order chi connectivity index (χ0) is 23.0. The van der Waals surface area contributed by atoms with Gasteiger partial charge in [0.25, 0.3) is 5.91 Å². The number of fused-ring (bicyclic) bond motifs is 1. The van der Waals surface area contributed by atoms with Crippen molar-refractivity contribution in [2.45, 2.75) is 25.3 Å². The van der Waals surface area contributed by atoms with Crippen LogP contribution in [0, 0.1) is 0 Å². The molecule has 0 radical (unpaired) electrons. The Hall–Kier alpha value is -3.22. The zero-order valence-corrected chi connectivity index (χ0v) is 19.5. The van der Waals surface area contributed by atoms with Crippen molar-refractivity contribution in [2.24, 2.45) is 0 Å². The van der Waals surface area contributed by atoms with Gasteiger partial charge in [0.2, 0.25) is 5.91 Å². The van der Waals surface area contributed by atoms with Gasteiger partial charge in [0.05, 0.1) is 38.3 Å². The Bertz CT molecular complexity index is 1210.